The smallest absolute Gasteiger partial charge is 0.317 e. The molecule has 4 heteroatoms. The van der Waals surface area contributed by atoms with Crippen LogP contribution in [0.3, 0.4) is 0 Å². The number of ketones is 1. The molecule has 1 N–H and O–H groups in total. The van der Waals surface area contributed by atoms with E-state index in [4.69, 9.17) is 4.74 Å². The van der Waals surface area contributed by atoms with Crippen LogP contribution in [-0.4, -0.2) is 23.0 Å². The first-order valence-corrected chi connectivity index (χ1v) is 10.6. The fourth-order valence-corrected chi connectivity index (χ4v) is 5.24. The van der Waals surface area contributed by atoms with Gasteiger partial charge in [0, 0.05) is 5.41 Å². The van der Waals surface area contributed by atoms with E-state index in [-0.39, 0.29) is 23.6 Å². The van der Waals surface area contributed by atoms with E-state index < -0.39 is 17.4 Å². The summed E-state index contributed by atoms with van der Waals surface area (Å²) in [5.41, 5.74) is 3.08. The largest absolute Gasteiger partial charge is 0.430 e. The Labute approximate surface area is 168 Å². The number of carbonyl (C=O) groups is 2. The van der Waals surface area contributed by atoms with E-state index in [0.29, 0.717) is 11.7 Å². The Balaban J connectivity index is 2.02. The van der Waals surface area contributed by atoms with Gasteiger partial charge in [-0.15, -0.1) is 0 Å². The number of aliphatic hydroxyl groups excluding tert-OH is 1. The van der Waals surface area contributed by atoms with E-state index in [1.807, 2.05) is 13.0 Å². The SMILES string of the molecule is C/C1=C\[C@@H]2/C(=C(/C)CC[C@]3(C)C(=O)C=C(C(C)C)[C@H]3CC1)OC(=O)[C@@H]2[C@H](C)O. The predicted octanol–water partition coefficient (Wildman–Crippen LogP) is 4.74. The Morgan fingerprint density at radius 3 is 2.46 bits per heavy atom. The number of ether oxygens (including phenoxy) is 1. The molecule has 5 atom stereocenters. The van der Waals surface area contributed by atoms with E-state index in [9.17, 15) is 14.7 Å². The first-order valence-electron chi connectivity index (χ1n) is 10.6. The van der Waals surface area contributed by atoms with Gasteiger partial charge in [0.2, 0.25) is 0 Å². The second kappa shape index (κ2) is 7.62. The first-order chi connectivity index (χ1) is 13.1. The molecule has 1 aliphatic heterocycles. The summed E-state index contributed by atoms with van der Waals surface area (Å²) in [5, 5.41) is 10.2. The van der Waals surface area contributed by atoms with Gasteiger partial charge in [0.15, 0.2) is 5.78 Å². The third-order valence-corrected chi connectivity index (χ3v) is 7.12. The third-order valence-electron chi connectivity index (χ3n) is 7.12. The van der Waals surface area contributed by atoms with Crippen molar-refractivity contribution >= 4 is 11.8 Å². The molecule has 0 aromatic heterocycles. The quantitative estimate of drug-likeness (QED) is 0.550. The lowest BCUT2D eigenvalue weighted by atomic mass is 9.69. The van der Waals surface area contributed by atoms with Crippen molar-refractivity contribution in [3.63, 3.8) is 0 Å². The molecule has 4 nitrogen and oxygen atoms in total. The molecule has 1 heterocycles. The maximum Gasteiger partial charge on any atom is 0.317 e. The lowest BCUT2D eigenvalue weighted by Crippen LogP contribution is -2.32. The van der Waals surface area contributed by atoms with Crippen LogP contribution in [-0.2, 0) is 14.3 Å². The fraction of sp³-hybridized carbons (Fsp3) is 0.667. The summed E-state index contributed by atoms with van der Waals surface area (Å²) < 4.78 is 5.64. The second-order valence-electron chi connectivity index (χ2n) is 9.54. The molecular weight excluding hydrogens is 352 g/mol. The minimum atomic E-state index is -0.758. The first kappa shape index (κ1) is 21.0. The second-order valence-corrected chi connectivity index (χ2v) is 9.54. The molecule has 28 heavy (non-hydrogen) atoms. The molecule has 0 unspecified atom stereocenters. The summed E-state index contributed by atoms with van der Waals surface area (Å²) in [7, 11) is 0. The van der Waals surface area contributed by atoms with Crippen LogP contribution in [0.1, 0.15) is 67.2 Å². The van der Waals surface area contributed by atoms with Gasteiger partial charge in [-0.1, -0.05) is 38.0 Å². The van der Waals surface area contributed by atoms with E-state index in [1.54, 1.807) is 6.92 Å². The maximum absolute atomic E-state index is 13.0. The van der Waals surface area contributed by atoms with E-state index in [2.05, 4.69) is 33.8 Å². The molecular formula is C24H34O4. The number of rotatable bonds is 2. The lowest BCUT2D eigenvalue weighted by Gasteiger charge is -2.33. The van der Waals surface area contributed by atoms with Crippen molar-refractivity contribution in [3.05, 3.63) is 34.6 Å². The molecule has 3 rings (SSSR count). The minimum Gasteiger partial charge on any atom is -0.430 e. The molecule has 0 bridgehead atoms. The van der Waals surface area contributed by atoms with Crippen LogP contribution in [0, 0.1) is 29.1 Å². The van der Waals surface area contributed by atoms with Crippen LogP contribution in [0.4, 0.5) is 0 Å². The summed E-state index contributed by atoms with van der Waals surface area (Å²) in [6.07, 6.45) is 6.53. The van der Waals surface area contributed by atoms with Gasteiger partial charge >= 0.3 is 5.97 Å². The Bertz CT molecular complexity index is 767. The highest BCUT2D eigenvalue weighted by Gasteiger charge is 2.48. The molecule has 1 saturated heterocycles. The maximum atomic E-state index is 13.0. The van der Waals surface area contributed by atoms with Crippen LogP contribution < -0.4 is 0 Å². The summed E-state index contributed by atoms with van der Waals surface area (Å²) in [6.45, 7) is 12.2. The molecule has 0 amide bonds. The van der Waals surface area contributed by atoms with Crippen LogP contribution >= 0.6 is 0 Å². The topological polar surface area (TPSA) is 63.6 Å². The van der Waals surface area contributed by atoms with Gasteiger partial charge in [-0.05, 0) is 69.9 Å². The van der Waals surface area contributed by atoms with E-state index >= 15 is 0 Å². The van der Waals surface area contributed by atoms with Crippen LogP contribution in [0.15, 0.2) is 34.6 Å². The van der Waals surface area contributed by atoms with Gasteiger partial charge in [-0.2, -0.15) is 0 Å². The Hall–Kier alpha value is -1.68. The zero-order valence-electron chi connectivity index (χ0n) is 18.0. The number of esters is 1. The lowest BCUT2D eigenvalue weighted by molar-refractivity contribution is -0.142. The minimum absolute atomic E-state index is 0.214. The van der Waals surface area contributed by atoms with Gasteiger partial charge in [0.05, 0.1) is 17.9 Å². The zero-order chi connectivity index (χ0) is 20.8. The number of allylic oxidation sites excluding steroid dienone is 5. The predicted molar refractivity (Wildman–Crippen MR) is 109 cm³/mol. The molecule has 0 radical (unpaired) electrons. The van der Waals surface area contributed by atoms with Crippen molar-refractivity contribution in [2.75, 3.05) is 0 Å². The van der Waals surface area contributed by atoms with Crippen LogP contribution in [0.25, 0.3) is 0 Å². The van der Waals surface area contributed by atoms with E-state index in [0.717, 1.165) is 31.3 Å². The van der Waals surface area contributed by atoms with Crippen molar-refractivity contribution < 1.29 is 19.4 Å². The summed E-state index contributed by atoms with van der Waals surface area (Å²) in [5.74, 6) is 0.429. The average molecular weight is 387 g/mol. The molecule has 3 aliphatic rings. The highest BCUT2D eigenvalue weighted by Crippen LogP contribution is 2.50. The molecule has 2 aliphatic carbocycles. The number of carbonyl (C=O) groups excluding carboxylic acids is 2. The highest BCUT2D eigenvalue weighted by molar-refractivity contribution is 5.98. The number of fused-ring (bicyclic) bond motifs is 2. The molecule has 0 spiro atoms. The standard InChI is InChI=1S/C24H34O4/c1-13(2)17-12-20(26)24(6)10-9-15(4)22-18(11-14(3)7-8-19(17)24)21(16(5)25)23(27)28-22/h11-13,16,18-19,21,25H,7-10H2,1-6H3/b14-11+,22-15+/t16-,18-,19+,21+,24-/m0/s1. The number of aliphatic hydroxyl groups is 1. The third kappa shape index (κ3) is 3.52. The van der Waals surface area contributed by atoms with Crippen molar-refractivity contribution in [2.24, 2.45) is 29.1 Å². The monoisotopic (exact) mass is 386 g/mol. The fourth-order valence-electron chi connectivity index (χ4n) is 5.24. The Morgan fingerprint density at radius 1 is 1.18 bits per heavy atom. The van der Waals surface area contributed by atoms with Gasteiger partial charge in [-0.3, -0.25) is 9.59 Å². The van der Waals surface area contributed by atoms with Crippen molar-refractivity contribution in [1.82, 2.24) is 0 Å². The van der Waals surface area contributed by atoms with Crippen molar-refractivity contribution in [1.29, 1.82) is 0 Å². The molecule has 154 valence electrons. The van der Waals surface area contributed by atoms with Crippen molar-refractivity contribution in [3.8, 4) is 0 Å². The summed E-state index contributed by atoms with van der Waals surface area (Å²) >= 11 is 0. The van der Waals surface area contributed by atoms with E-state index in [1.165, 1.54) is 11.1 Å². The molecule has 0 aromatic carbocycles. The Kier molecular flexibility index (Phi) is 5.73. The van der Waals surface area contributed by atoms with Gasteiger partial charge < -0.3 is 9.84 Å². The van der Waals surface area contributed by atoms with Crippen molar-refractivity contribution in [2.45, 2.75) is 73.3 Å². The summed E-state index contributed by atoms with van der Waals surface area (Å²) in [6, 6.07) is 0. The van der Waals surface area contributed by atoms with Gasteiger partial charge in [0.1, 0.15) is 5.76 Å². The van der Waals surface area contributed by atoms with Gasteiger partial charge in [-0.25, -0.2) is 0 Å². The highest BCUT2D eigenvalue weighted by atomic mass is 16.5. The number of hydrogen-bond donors (Lipinski definition) is 1. The Morgan fingerprint density at radius 2 is 1.86 bits per heavy atom. The molecule has 0 aromatic rings. The van der Waals surface area contributed by atoms with Crippen LogP contribution in [0.2, 0.25) is 0 Å². The zero-order valence-corrected chi connectivity index (χ0v) is 18.0. The molecule has 1 fully saturated rings. The summed E-state index contributed by atoms with van der Waals surface area (Å²) in [4.78, 5) is 25.4. The average Bonchev–Trinajstić information content (AvgIpc) is 3.05. The number of hydrogen-bond acceptors (Lipinski definition) is 4. The van der Waals surface area contributed by atoms with Gasteiger partial charge in [0.25, 0.3) is 0 Å². The normalized spacial score (nSPS) is 39.5. The van der Waals surface area contributed by atoms with Crippen LogP contribution in [0.5, 0.6) is 0 Å². The molecule has 0 saturated carbocycles.